The van der Waals surface area contributed by atoms with Crippen molar-refractivity contribution in [3.63, 3.8) is 0 Å². The zero-order valence-corrected chi connectivity index (χ0v) is 13.6. The molecule has 1 saturated heterocycles. The highest BCUT2D eigenvalue weighted by molar-refractivity contribution is 7.89. The van der Waals surface area contributed by atoms with Crippen molar-refractivity contribution in [2.24, 2.45) is 7.05 Å². The first-order valence-corrected chi connectivity index (χ1v) is 8.44. The highest BCUT2D eigenvalue weighted by Crippen LogP contribution is 2.23. The van der Waals surface area contributed by atoms with Gasteiger partial charge in [-0.05, 0) is 6.42 Å². The fourth-order valence-electron chi connectivity index (χ4n) is 2.32. The van der Waals surface area contributed by atoms with Crippen LogP contribution in [-0.2, 0) is 17.1 Å². The maximum Gasteiger partial charge on any atom is 0.262 e. The lowest BCUT2D eigenvalue weighted by Crippen LogP contribution is -2.31. The van der Waals surface area contributed by atoms with E-state index >= 15 is 0 Å². The van der Waals surface area contributed by atoms with Gasteiger partial charge >= 0.3 is 0 Å². The summed E-state index contributed by atoms with van der Waals surface area (Å²) in [6, 6.07) is 0. The first-order valence-electron chi connectivity index (χ1n) is 7.00. The van der Waals surface area contributed by atoms with Crippen molar-refractivity contribution in [2.75, 3.05) is 20.2 Å². The second-order valence-electron chi connectivity index (χ2n) is 5.17. The molecule has 2 aromatic heterocycles. The third-order valence-corrected chi connectivity index (χ3v) is 5.23. The molecule has 9 nitrogen and oxygen atoms in total. The van der Waals surface area contributed by atoms with E-state index in [0.29, 0.717) is 24.7 Å². The number of methoxy groups -OCH3 is 1. The molecule has 0 amide bonds. The van der Waals surface area contributed by atoms with Crippen molar-refractivity contribution in [3.05, 3.63) is 24.9 Å². The Kier molecular flexibility index (Phi) is 4.18. The van der Waals surface area contributed by atoms with Crippen LogP contribution in [0.3, 0.4) is 0 Å². The van der Waals surface area contributed by atoms with Gasteiger partial charge < -0.3 is 14.0 Å². The number of aromatic nitrogens is 4. The summed E-state index contributed by atoms with van der Waals surface area (Å²) in [5.41, 5.74) is 0. The van der Waals surface area contributed by atoms with Gasteiger partial charge in [-0.2, -0.15) is 9.29 Å². The Hall–Kier alpha value is -2.20. The predicted molar refractivity (Wildman–Crippen MR) is 79.6 cm³/mol. The van der Waals surface area contributed by atoms with E-state index in [9.17, 15) is 8.42 Å². The molecule has 124 valence electrons. The van der Waals surface area contributed by atoms with Gasteiger partial charge in [0.05, 0.1) is 32.4 Å². The average Bonchev–Trinajstić information content (AvgIpc) is 3.17. The Bertz CT molecular complexity index is 791. The molecule has 10 heteroatoms. The smallest absolute Gasteiger partial charge is 0.262 e. The zero-order chi connectivity index (χ0) is 16.4. The van der Waals surface area contributed by atoms with Crippen molar-refractivity contribution >= 4 is 10.0 Å². The fourth-order valence-corrected chi connectivity index (χ4v) is 3.78. The minimum Gasteiger partial charge on any atom is -0.480 e. The maximum atomic E-state index is 12.5. The second-order valence-corrected chi connectivity index (χ2v) is 7.05. The highest BCUT2D eigenvalue weighted by atomic mass is 32.2. The lowest BCUT2D eigenvalue weighted by molar-refractivity contribution is 0.203. The van der Waals surface area contributed by atoms with E-state index in [0.717, 1.165) is 0 Å². The summed E-state index contributed by atoms with van der Waals surface area (Å²) in [4.78, 5) is 12.0. The van der Waals surface area contributed by atoms with Crippen LogP contribution in [0, 0.1) is 0 Å². The molecular weight excluding hydrogens is 322 g/mol. The zero-order valence-electron chi connectivity index (χ0n) is 12.8. The van der Waals surface area contributed by atoms with Crippen LogP contribution in [0.4, 0.5) is 0 Å². The van der Waals surface area contributed by atoms with Gasteiger partial charge in [0, 0.05) is 19.8 Å². The molecule has 0 saturated carbocycles. The Labute approximate surface area is 133 Å². The molecule has 0 aromatic carbocycles. The van der Waals surface area contributed by atoms with Crippen molar-refractivity contribution in [2.45, 2.75) is 17.6 Å². The fraction of sp³-hybridized carbons (Fsp3) is 0.462. The minimum absolute atomic E-state index is 0.0434. The van der Waals surface area contributed by atoms with Crippen LogP contribution in [0.5, 0.6) is 11.8 Å². The van der Waals surface area contributed by atoms with Crippen LogP contribution in [0.25, 0.3) is 0 Å². The summed E-state index contributed by atoms with van der Waals surface area (Å²) in [7, 11) is -0.379. The van der Waals surface area contributed by atoms with Gasteiger partial charge in [0.25, 0.3) is 10.0 Å². The van der Waals surface area contributed by atoms with Gasteiger partial charge in [-0.15, -0.1) is 0 Å². The molecular formula is C13H17N5O4S. The number of nitrogens with zero attached hydrogens (tertiary/aromatic N) is 5. The van der Waals surface area contributed by atoms with Gasteiger partial charge in [-0.1, -0.05) is 0 Å². The summed E-state index contributed by atoms with van der Waals surface area (Å²) < 4.78 is 38.6. The standard InChI is InChI=1S/C13H17N5O4S/c1-17-8-13(15-9-17)23(19,20)18-4-3-10(7-18)22-12-6-14-5-11(16-12)21-2/h5-6,8-10H,3-4,7H2,1-2H3/t10-/m1/s1. The van der Waals surface area contributed by atoms with Gasteiger partial charge in [-0.3, -0.25) is 4.98 Å². The van der Waals surface area contributed by atoms with Crippen LogP contribution < -0.4 is 9.47 Å². The molecule has 1 atom stereocenters. The number of sulfonamides is 1. The minimum atomic E-state index is -3.60. The normalized spacial score (nSPS) is 19.0. The van der Waals surface area contributed by atoms with E-state index in [4.69, 9.17) is 9.47 Å². The molecule has 23 heavy (non-hydrogen) atoms. The maximum absolute atomic E-state index is 12.5. The Balaban J connectivity index is 1.68. The van der Waals surface area contributed by atoms with Gasteiger partial charge in [-0.25, -0.2) is 13.4 Å². The van der Waals surface area contributed by atoms with E-state index < -0.39 is 10.0 Å². The Morgan fingerprint density at radius 3 is 2.78 bits per heavy atom. The number of hydrogen-bond donors (Lipinski definition) is 0. The molecule has 3 rings (SSSR count). The lowest BCUT2D eigenvalue weighted by atomic mass is 10.3. The molecule has 1 aliphatic heterocycles. The number of aryl methyl sites for hydroxylation is 1. The summed E-state index contributed by atoms with van der Waals surface area (Å²) >= 11 is 0. The average molecular weight is 339 g/mol. The first kappa shape index (κ1) is 15.7. The van der Waals surface area contributed by atoms with E-state index in [2.05, 4.69) is 15.0 Å². The van der Waals surface area contributed by atoms with Crippen LogP contribution in [0.15, 0.2) is 29.9 Å². The number of ether oxygens (including phenoxy) is 2. The monoisotopic (exact) mass is 339 g/mol. The van der Waals surface area contributed by atoms with Gasteiger partial charge in [0.15, 0.2) is 5.03 Å². The topological polar surface area (TPSA) is 99.4 Å². The lowest BCUT2D eigenvalue weighted by Gasteiger charge is -2.15. The van der Waals surface area contributed by atoms with Crippen molar-refractivity contribution in [1.82, 2.24) is 23.8 Å². The molecule has 1 aliphatic rings. The largest absolute Gasteiger partial charge is 0.480 e. The molecule has 2 aromatic rings. The third kappa shape index (κ3) is 3.27. The van der Waals surface area contributed by atoms with Gasteiger partial charge in [0.2, 0.25) is 11.8 Å². The van der Waals surface area contributed by atoms with Crippen molar-refractivity contribution < 1.29 is 17.9 Å². The quantitative estimate of drug-likeness (QED) is 0.759. The molecule has 0 bridgehead atoms. The van der Waals surface area contributed by atoms with E-state index in [-0.39, 0.29) is 17.7 Å². The third-order valence-electron chi connectivity index (χ3n) is 3.48. The molecule has 1 fully saturated rings. The van der Waals surface area contributed by atoms with Crippen molar-refractivity contribution in [1.29, 1.82) is 0 Å². The van der Waals surface area contributed by atoms with Crippen LogP contribution in [0.2, 0.25) is 0 Å². The van der Waals surface area contributed by atoms with Crippen LogP contribution >= 0.6 is 0 Å². The predicted octanol–water partition coefficient (Wildman–Crippen LogP) is 0.0607. The molecule has 0 spiro atoms. The van der Waals surface area contributed by atoms with Gasteiger partial charge in [0.1, 0.15) is 6.10 Å². The van der Waals surface area contributed by atoms with Crippen molar-refractivity contribution in [3.8, 4) is 11.8 Å². The van der Waals surface area contributed by atoms with E-state index in [1.54, 1.807) is 11.6 Å². The summed E-state index contributed by atoms with van der Waals surface area (Å²) in [5.74, 6) is 0.657. The molecule has 0 unspecified atom stereocenters. The Morgan fingerprint density at radius 2 is 2.09 bits per heavy atom. The van der Waals surface area contributed by atoms with E-state index in [1.807, 2.05) is 0 Å². The molecule has 0 aliphatic carbocycles. The summed E-state index contributed by atoms with van der Waals surface area (Å²) in [6.07, 6.45) is 6.18. The SMILES string of the molecule is COc1cncc(O[C@@H]2CCN(S(=O)(=O)c3cn(C)cn3)C2)n1. The highest BCUT2D eigenvalue weighted by Gasteiger charge is 2.35. The molecule has 0 N–H and O–H groups in total. The van der Waals surface area contributed by atoms with E-state index in [1.165, 1.54) is 36.3 Å². The first-order chi connectivity index (χ1) is 11.0. The summed E-state index contributed by atoms with van der Waals surface area (Å²) in [5, 5.41) is 0.0434. The molecule has 3 heterocycles. The Morgan fingerprint density at radius 1 is 1.30 bits per heavy atom. The molecule has 0 radical (unpaired) electrons. The summed E-state index contributed by atoms with van der Waals surface area (Å²) in [6.45, 7) is 0.624. The number of hydrogen-bond acceptors (Lipinski definition) is 7. The number of rotatable bonds is 5. The number of imidazole rings is 1. The van der Waals surface area contributed by atoms with Crippen LogP contribution in [0.1, 0.15) is 6.42 Å². The second kappa shape index (κ2) is 6.13. The van der Waals surface area contributed by atoms with Crippen LogP contribution in [-0.4, -0.2) is 58.5 Å².